The molecule has 17 heavy (non-hydrogen) atoms. The van der Waals surface area contributed by atoms with Gasteiger partial charge in [-0.1, -0.05) is 13.0 Å². The SMILES string of the molecule is CCC(C)(C)N(C)CCCC(=O)c1cccs1. The minimum absolute atomic E-state index is 0.228. The smallest absolute Gasteiger partial charge is 0.172 e. The predicted octanol–water partition coefficient (Wildman–Crippen LogP) is 3.83. The molecule has 0 aromatic carbocycles. The van der Waals surface area contributed by atoms with Crippen LogP contribution in [-0.4, -0.2) is 29.8 Å². The van der Waals surface area contributed by atoms with E-state index in [0.29, 0.717) is 6.42 Å². The van der Waals surface area contributed by atoms with Gasteiger partial charge in [-0.15, -0.1) is 11.3 Å². The predicted molar refractivity (Wildman–Crippen MR) is 74.9 cm³/mol. The molecule has 0 saturated heterocycles. The highest BCUT2D eigenvalue weighted by molar-refractivity contribution is 7.12. The molecule has 0 amide bonds. The minimum atomic E-state index is 0.228. The lowest BCUT2D eigenvalue weighted by atomic mass is 9.99. The van der Waals surface area contributed by atoms with Crippen LogP contribution in [0.1, 0.15) is 49.7 Å². The third kappa shape index (κ3) is 4.25. The second-order valence-corrected chi connectivity index (χ2v) is 6.04. The average Bonchev–Trinajstić information content (AvgIpc) is 2.82. The van der Waals surface area contributed by atoms with Crippen LogP contribution < -0.4 is 0 Å². The summed E-state index contributed by atoms with van der Waals surface area (Å²) in [6, 6.07) is 3.84. The summed E-state index contributed by atoms with van der Waals surface area (Å²) in [6.07, 6.45) is 2.73. The Bertz CT molecular complexity index is 343. The molecule has 0 fully saturated rings. The van der Waals surface area contributed by atoms with Crippen molar-refractivity contribution in [2.24, 2.45) is 0 Å². The van der Waals surface area contributed by atoms with Gasteiger partial charge in [0.15, 0.2) is 5.78 Å². The second kappa shape index (κ2) is 6.31. The molecule has 0 unspecified atom stereocenters. The summed E-state index contributed by atoms with van der Waals surface area (Å²) in [6.45, 7) is 7.67. The van der Waals surface area contributed by atoms with Crippen molar-refractivity contribution in [2.75, 3.05) is 13.6 Å². The van der Waals surface area contributed by atoms with E-state index in [-0.39, 0.29) is 11.3 Å². The van der Waals surface area contributed by atoms with Crippen molar-refractivity contribution < 1.29 is 4.79 Å². The highest BCUT2D eigenvalue weighted by atomic mass is 32.1. The van der Waals surface area contributed by atoms with Gasteiger partial charge in [0, 0.05) is 12.0 Å². The van der Waals surface area contributed by atoms with E-state index in [9.17, 15) is 4.79 Å². The van der Waals surface area contributed by atoms with E-state index < -0.39 is 0 Å². The first kappa shape index (κ1) is 14.4. The van der Waals surface area contributed by atoms with Gasteiger partial charge in [-0.05, 0) is 51.7 Å². The Hall–Kier alpha value is -0.670. The van der Waals surface area contributed by atoms with Gasteiger partial charge in [-0.2, -0.15) is 0 Å². The quantitative estimate of drug-likeness (QED) is 0.688. The third-order valence-electron chi connectivity index (χ3n) is 3.59. The van der Waals surface area contributed by atoms with E-state index in [1.165, 1.54) is 11.3 Å². The van der Waals surface area contributed by atoms with Gasteiger partial charge >= 0.3 is 0 Å². The minimum Gasteiger partial charge on any atom is -0.301 e. The first-order valence-electron chi connectivity index (χ1n) is 6.25. The Balaban J connectivity index is 2.31. The molecule has 1 aromatic rings. The van der Waals surface area contributed by atoms with Crippen LogP contribution in [0.5, 0.6) is 0 Å². The molecule has 0 radical (unpaired) electrons. The lowest BCUT2D eigenvalue weighted by Gasteiger charge is -2.34. The molecule has 0 saturated carbocycles. The number of ketones is 1. The van der Waals surface area contributed by atoms with Crippen molar-refractivity contribution in [3.8, 4) is 0 Å². The molecule has 0 aliphatic rings. The summed E-state index contributed by atoms with van der Waals surface area (Å²) in [5.74, 6) is 0.280. The van der Waals surface area contributed by atoms with Crippen molar-refractivity contribution in [3.05, 3.63) is 22.4 Å². The van der Waals surface area contributed by atoms with Crippen molar-refractivity contribution in [2.45, 2.75) is 45.6 Å². The maximum atomic E-state index is 11.8. The van der Waals surface area contributed by atoms with Crippen molar-refractivity contribution in [1.82, 2.24) is 4.90 Å². The number of carbonyl (C=O) groups excluding carboxylic acids is 1. The van der Waals surface area contributed by atoms with Crippen LogP contribution in [0.2, 0.25) is 0 Å². The van der Waals surface area contributed by atoms with Gasteiger partial charge in [0.25, 0.3) is 0 Å². The molecule has 0 atom stereocenters. The molecule has 0 bridgehead atoms. The molecule has 0 aliphatic heterocycles. The molecule has 0 spiro atoms. The second-order valence-electron chi connectivity index (χ2n) is 5.09. The Morgan fingerprint density at radius 3 is 2.71 bits per heavy atom. The fourth-order valence-corrected chi connectivity index (χ4v) is 2.30. The van der Waals surface area contributed by atoms with Crippen molar-refractivity contribution in [1.29, 1.82) is 0 Å². The van der Waals surface area contributed by atoms with E-state index in [1.807, 2.05) is 17.5 Å². The topological polar surface area (TPSA) is 20.3 Å². The first-order valence-corrected chi connectivity index (χ1v) is 7.13. The average molecular weight is 253 g/mol. The summed E-state index contributed by atoms with van der Waals surface area (Å²) in [5.41, 5.74) is 0.228. The number of thiophene rings is 1. The summed E-state index contributed by atoms with van der Waals surface area (Å²) < 4.78 is 0. The van der Waals surface area contributed by atoms with Crippen LogP contribution in [0.25, 0.3) is 0 Å². The van der Waals surface area contributed by atoms with Crippen LogP contribution in [0.3, 0.4) is 0 Å². The number of nitrogens with zero attached hydrogens (tertiary/aromatic N) is 1. The van der Waals surface area contributed by atoms with Gasteiger partial charge in [-0.3, -0.25) is 4.79 Å². The van der Waals surface area contributed by atoms with Gasteiger partial charge in [0.05, 0.1) is 4.88 Å². The molecular formula is C14H23NOS. The van der Waals surface area contributed by atoms with Gasteiger partial charge in [0.2, 0.25) is 0 Å². The monoisotopic (exact) mass is 253 g/mol. The van der Waals surface area contributed by atoms with Crippen LogP contribution in [0, 0.1) is 0 Å². The molecule has 0 N–H and O–H groups in total. The lowest BCUT2D eigenvalue weighted by molar-refractivity contribution is 0.0965. The molecule has 1 heterocycles. The highest BCUT2D eigenvalue weighted by Gasteiger charge is 2.20. The number of Topliss-reactive ketones (excluding diaryl/α,β-unsaturated/α-hetero) is 1. The van der Waals surface area contributed by atoms with E-state index >= 15 is 0 Å². The maximum Gasteiger partial charge on any atom is 0.172 e. The fraction of sp³-hybridized carbons (Fsp3) is 0.643. The van der Waals surface area contributed by atoms with Crippen LogP contribution in [0.15, 0.2) is 17.5 Å². The zero-order valence-corrected chi connectivity index (χ0v) is 12.1. The zero-order chi connectivity index (χ0) is 12.9. The Morgan fingerprint density at radius 1 is 1.47 bits per heavy atom. The van der Waals surface area contributed by atoms with Gasteiger partial charge < -0.3 is 4.90 Å². The zero-order valence-electron chi connectivity index (χ0n) is 11.3. The number of hydrogen-bond acceptors (Lipinski definition) is 3. The van der Waals surface area contributed by atoms with Crippen LogP contribution in [0.4, 0.5) is 0 Å². The number of rotatable bonds is 7. The molecule has 1 rings (SSSR count). The van der Waals surface area contributed by atoms with E-state index in [0.717, 1.165) is 24.3 Å². The largest absolute Gasteiger partial charge is 0.301 e. The van der Waals surface area contributed by atoms with Crippen molar-refractivity contribution >= 4 is 17.1 Å². The molecule has 3 heteroatoms. The van der Waals surface area contributed by atoms with E-state index in [1.54, 1.807) is 0 Å². The molecule has 96 valence electrons. The maximum absolute atomic E-state index is 11.8. The van der Waals surface area contributed by atoms with Gasteiger partial charge in [0.1, 0.15) is 0 Å². The van der Waals surface area contributed by atoms with E-state index in [4.69, 9.17) is 0 Å². The molecule has 0 aliphatic carbocycles. The van der Waals surface area contributed by atoms with Crippen LogP contribution >= 0.6 is 11.3 Å². The van der Waals surface area contributed by atoms with Crippen molar-refractivity contribution in [3.63, 3.8) is 0 Å². The Labute approximate surface area is 109 Å². The summed E-state index contributed by atoms with van der Waals surface area (Å²) in [4.78, 5) is 15.0. The lowest BCUT2D eigenvalue weighted by Crippen LogP contribution is -2.41. The number of hydrogen-bond donors (Lipinski definition) is 0. The molecule has 1 aromatic heterocycles. The first-order chi connectivity index (χ1) is 7.97. The Kier molecular flexibility index (Phi) is 5.34. The van der Waals surface area contributed by atoms with E-state index in [2.05, 4.69) is 32.7 Å². The fourth-order valence-electron chi connectivity index (χ4n) is 1.61. The number of carbonyl (C=O) groups is 1. The normalized spacial score (nSPS) is 12.1. The molecule has 2 nitrogen and oxygen atoms in total. The third-order valence-corrected chi connectivity index (χ3v) is 4.50. The summed E-state index contributed by atoms with van der Waals surface area (Å²) >= 11 is 1.54. The molecular weight excluding hydrogens is 230 g/mol. The van der Waals surface area contributed by atoms with Crippen LogP contribution in [-0.2, 0) is 0 Å². The Morgan fingerprint density at radius 2 is 2.18 bits per heavy atom. The standard InChI is InChI=1S/C14H23NOS/c1-5-14(2,3)15(4)10-6-8-12(16)13-9-7-11-17-13/h7,9,11H,5-6,8,10H2,1-4H3. The summed E-state index contributed by atoms with van der Waals surface area (Å²) in [5, 5.41) is 1.96. The highest BCUT2D eigenvalue weighted by Crippen LogP contribution is 2.18. The van der Waals surface area contributed by atoms with Gasteiger partial charge in [-0.25, -0.2) is 0 Å². The summed E-state index contributed by atoms with van der Waals surface area (Å²) in [7, 11) is 2.14.